The van der Waals surface area contributed by atoms with Crippen LogP contribution in [0.5, 0.6) is 0 Å². The van der Waals surface area contributed by atoms with E-state index in [0.29, 0.717) is 17.0 Å². The van der Waals surface area contributed by atoms with Gasteiger partial charge >= 0.3 is 5.69 Å². The Bertz CT molecular complexity index is 1450. The number of fused-ring (bicyclic) bond motifs is 1. The first-order chi connectivity index (χ1) is 14.6. The Morgan fingerprint density at radius 1 is 1.26 bits per heavy atom. The molecule has 2 heterocycles. The molecule has 1 aliphatic rings. The minimum Gasteiger partial charge on any atom is -0.361 e. The van der Waals surface area contributed by atoms with Crippen molar-refractivity contribution in [2.75, 3.05) is 0 Å². The fraction of sp³-hybridized carbons (Fsp3) is 0.381. The van der Waals surface area contributed by atoms with E-state index in [9.17, 15) is 18.0 Å². The van der Waals surface area contributed by atoms with Gasteiger partial charge in [0.05, 0.1) is 34.6 Å². The van der Waals surface area contributed by atoms with E-state index in [2.05, 4.69) is 15.8 Å². The Labute approximate surface area is 178 Å². The molecule has 1 fully saturated rings. The third-order valence-corrected chi connectivity index (χ3v) is 7.27. The number of hydrogen-bond acceptors (Lipinski definition) is 6. The molecule has 1 aromatic carbocycles. The van der Waals surface area contributed by atoms with Gasteiger partial charge in [0.25, 0.3) is 5.56 Å². The molecule has 0 spiro atoms. The summed E-state index contributed by atoms with van der Waals surface area (Å²) in [4.78, 5) is 26.3. The topological polar surface area (TPSA) is 116 Å². The molecule has 0 amide bonds. The van der Waals surface area contributed by atoms with Gasteiger partial charge in [0, 0.05) is 11.1 Å². The Morgan fingerprint density at radius 3 is 2.55 bits per heavy atom. The summed E-state index contributed by atoms with van der Waals surface area (Å²) in [6, 6.07) is 4.11. The number of benzene rings is 1. The van der Waals surface area contributed by atoms with Crippen molar-refractivity contribution in [3.8, 4) is 12.3 Å². The fourth-order valence-electron chi connectivity index (χ4n) is 3.51. The number of rotatable bonds is 6. The second-order valence-electron chi connectivity index (χ2n) is 8.11. The van der Waals surface area contributed by atoms with Gasteiger partial charge in [-0.3, -0.25) is 13.9 Å². The normalized spacial score (nSPS) is 15.2. The van der Waals surface area contributed by atoms with Crippen molar-refractivity contribution in [1.82, 2.24) is 19.0 Å². The van der Waals surface area contributed by atoms with E-state index in [1.54, 1.807) is 13.8 Å². The van der Waals surface area contributed by atoms with E-state index in [-0.39, 0.29) is 28.9 Å². The lowest BCUT2D eigenvalue weighted by Crippen LogP contribution is -2.40. The molecule has 0 saturated heterocycles. The average Bonchev–Trinajstić information content (AvgIpc) is 3.35. The molecule has 9 nitrogen and oxygen atoms in total. The Hall–Kier alpha value is -3.16. The summed E-state index contributed by atoms with van der Waals surface area (Å²) in [5.41, 5.74) is -0.208. The molecule has 162 valence electrons. The van der Waals surface area contributed by atoms with Crippen molar-refractivity contribution < 1.29 is 12.9 Å². The zero-order valence-corrected chi connectivity index (χ0v) is 18.2. The van der Waals surface area contributed by atoms with Crippen LogP contribution >= 0.6 is 0 Å². The SMILES string of the molecule is C#CCn1c(=O)n(Cc2c(C)noc2C)c(=O)c2cc(S(=O)(=O)NC3(C)CC3)ccc21. The van der Waals surface area contributed by atoms with E-state index in [1.165, 1.54) is 22.8 Å². The second kappa shape index (κ2) is 7.21. The van der Waals surface area contributed by atoms with Crippen LogP contribution in [-0.4, -0.2) is 28.2 Å². The monoisotopic (exact) mass is 442 g/mol. The summed E-state index contributed by atoms with van der Waals surface area (Å²) in [6.07, 6.45) is 6.95. The summed E-state index contributed by atoms with van der Waals surface area (Å²) < 4.78 is 35.7. The zero-order valence-electron chi connectivity index (χ0n) is 17.4. The first kappa shape index (κ1) is 21.1. The third-order valence-electron chi connectivity index (χ3n) is 5.63. The highest BCUT2D eigenvalue weighted by Crippen LogP contribution is 2.36. The van der Waals surface area contributed by atoms with Gasteiger partial charge in [0.1, 0.15) is 5.76 Å². The molecular weight excluding hydrogens is 420 g/mol. The molecule has 4 rings (SSSR count). The maximum Gasteiger partial charge on any atom is 0.332 e. The number of terminal acetylenes is 1. The summed E-state index contributed by atoms with van der Waals surface area (Å²) in [7, 11) is -3.83. The van der Waals surface area contributed by atoms with E-state index < -0.39 is 26.8 Å². The van der Waals surface area contributed by atoms with Gasteiger partial charge in [-0.1, -0.05) is 11.1 Å². The van der Waals surface area contributed by atoms with E-state index in [1.807, 2.05) is 6.92 Å². The molecule has 2 aromatic heterocycles. The highest BCUT2D eigenvalue weighted by atomic mass is 32.2. The number of nitrogens with zero attached hydrogens (tertiary/aromatic N) is 3. The molecule has 0 unspecified atom stereocenters. The van der Waals surface area contributed by atoms with E-state index >= 15 is 0 Å². The fourth-order valence-corrected chi connectivity index (χ4v) is 5.00. The van der Waals surface area contributed by atoms with Gasteiger partial charge in [-0.15, -0.1) is 6.42 Å². The Kier molecular flexibility index (Phi) is 4.91. The summed E-state index contributed by atoms with van der Waals surface area (Å²) in [6.45, 7) is 5.10. The highest BCUT2D eigenvalue weighted by Gasteiger charge is 2.41. The van der Waals surface area contributed by atoms with Crippen molar-refractivity contribution in [2.45, 2.75) is 57.1 Å². The number of nitrogens with one attached hydrogen (secondary N) is 1. The lowest BCUT2D eigenvalue weighted by Gasteiger charge is -2.15. The number of sulfonamides is 1. The standard InChI is InChI=1S/C21H22N4O5S/c1-5-10-24-18-7-6-15(31(28,29)23-21(4)8-9-21)11-16(18)19(26)25(20(24)27)12-17-13(2)22-30-14(17)3/h1,6-7,11,23H,8-10,12H2,2-4H3. The summed E-state index contributed by atoms with van der Waals surface area (Å²) in [5.74, 6) is 2.91. The van der Waals surface area contributed by atoms with Gasteiger partial charge in [0.15, 0.2) is 0 Å². The molecule has 1 saturated carbocycles. The van der Waals surface area contributed by atoms with Crippen LogP contribution in [0.3, 0.4) is 0 Å². The zero-order chi connectivity index (χ0) is 22.6. The van der Waals surface area contributed by atoms with Crippen LogP contribution in [0.1, 0.15) is 36.8 Å². The first-order valence-corrected chi connectivity index (χ1v) is 11.2. The smallest absolute Gasteiger partial charge is 0.332 e. The van der Waals surface area contributed by atoms with E-state index in [0.717, 1.165) is 17.4 Å². The largest absolute Gasteiger partial charge is 0.361 e. The Morgan fingerprint density at radius 2 is 1.97 bits per heavy atom. The van der Waals surface area contributed by atoms with Gasteiger partial charge in [-0.25, -0.2) is 17.9 Å². The minimum atomic E-state index is -3.83. The van der Waals surface area contributed by atoms with Gasteiger partial charge in [-0.2, -0.15) is 0 Å². The van der Waals surface area contributed by atoms with Crippen LogP contribution < -0.4 is 16.0 Å². The molecule has 0 atom stereocenters. The number of aromatic nitrogens is 3. The molecule has 1 N–H and O–H groups in total. The second-order valence-corrected chi connectivity index (χ2v) is 9.79. The predicted molar refractivity (Wildman–Crippen MR) is 114 cm³/mol. The molecule has 10 heteroatoms. The summed E-state index contributed by atoms with van der Waals surface area (Å²) >= 11 is 0. The van der Waals surface area contributed by atoms with E-state index in [4.69, 9.17) is 10.9 Å². The molecule has 0 bridgehead atoms. The van der Waals surface area contributed by atoms with Gasteiger partial charge < -0.3 is 4.52 Å². The molecule has 0 aliphatic heterocycles. The summed E-state index contributed by atoms with van der Waals surface area (Å²) in [5, 5.41) is 3.95. The van der Waals surface area contributed by atoms with Crippen LogP contribution in [0.15, 0.2) is 37.2 Å². The third kappa shape index (κ3) is 3.71. The lowest BCUT2D eigenvalue weighted by molar-refractivity contribution is 0.392. The molecule has 0 radical (unpaired) electrons. The van der Waals surface area contributed by atoms with Crippen molar-refractivity contribution in [2.24, 2.45) is 0 Å². The van der Waals surface area contributed by atoms with Crippen LogP contribution in [-0.2, 0) is 23.1 Å². The van der Waals surface area contributed by atoms with Crippen molar-refractivity contribution in [1.29, 1.82) is 0 Å². The first-order valence-electron chi connectivity index (χ1n) is 9.73. The molecule has 1 aliphatic carbocycles. The van der Waals surface area contributed by atoms with Crippen molar-refractivity contribution >= 4 is 20.9 Å². The van der Waals surface area contributed by atoms with Crippen molar-refractivity contribution in [3.05, 3.63) is 56.1 Å². The van der Waals surface area contributed by atoms with Crippen LogP contribution in [0.4, 0.5) is 0 Å². The van der Waals surface area contributed by atoms with Gasteiger partial charge in [0.2, 0.25) is 10.0 Å². The predicted octanol–water partition coefficient (Wildman–Crippen LogP) is 1.28. The van der Waals surface area contributed by atoms with Crippen LogP contribution in [0, 0.1) is 26.2 Å². The quantitative estimate of drug-likeness (QED) is 0.575. The van der Waals surface area contributed by atoms with Crippen molar-refractivity contribution in [3.63, 3.8) is 0 Å². The number of hydrogen-bond donors (Lipinski definition) is 1. The van der Waals surface area contributed by atoms with Crippen LogP contribution in [0.2, 0.25) is 0 Å². The minimum absolute atomic E-state index is 0.0416. The molecule has 31 heavy (non-hydrogen) atoms. The highest BCUT2D eigenvalue weighted by molar-refractivity contribution is 7.89. The molecule has 3 aromatic rings. The average molecular weight is 442 g/mol. The number of aryl methyl sites for hydroxylation is 2. The maximum atomic E-state index is 13.3. The maximum absolute atomic E-state index is 13.3. The lowest BCUT2D eigenvalue weighted by atomic mass is 10.2. The Balaban J connectivity index is 1.93. The molecular formula is C21H22N4O5S. The van der Waals surface area contributed by atoms with Crippen LogP contribution in [0.25, 0.3) is 10.9 Å². The van der Waals surface area contributed by atoms with Gasteiger partial charge in [-0.05, 0) is 51.8 Å².